The molecule has 0 heterocycles. The minimum absolute atomic E-state index is 0.139. The van der Waals surface area contributed by atoms with Crippen molar-refractivity contribution < 1.29 is 22.7 Å². The summed E-state index contributed by atoms with van der Waals surface area (Å²) in [5, 5.41) is 2.74. The van der Waals surface area contributed by atoms with Crippen LogP contribution in [0.2, 0.25) is 0 Å². The zero-order chi connectivity index (χ0) is 27.7. The highest BCUT2D eigenvalue weighted by Crippen LogP contribution is 2.23. The molecule has 0 aliphatic rings. The van der Waals surface area contributed by atoms with Crippen LogP contribution in [0.25, 0.3) is 0 Å². The number of rotatable bonds is 12. The molecule has 8 nitrogen and oxygen atoms in total. The summed E-state index contributed by atoms with van der Waals surface area (Å²) in [6, 6.07) is 22.8. The van der Waals surface area contributed by atoms with Gasteiger partial charge in [0.2, 0.25) is 21.8 Å². The molecule has 0 saturated carbocycles. The van der Waals surface area contributed by atoms with Crippen LogP contribution in [0.5, 0.6) is 5.75 Å². The number of halogens is 1. The van der Waals surface area contributed by atoms with E-state index in [9.17, 15) is 18.0 Å². The SMILES string of the molecule is CCNC(=O)[C@H](C)N(Cc1cccc(Br)c1)C(=O)CN(c1ccc(OCc2ccccc2)cc1)S(C)(=O)=O. The monoisotopic (exact) mass is 601 g/mol. The first-order chi connectivity index (χ1) is 18.1. The van der Waals surface area contributed by atoms with Crippen LogP contribution in [-0.2, 0) is 32.8 Å². The topological polar surface area (TPSA) is 96.0 Å². The normalized spacial score (nSPS) is 11.9. The van der Waals surface area contributed by atoms with E-state index in [1.807, 2.05) is 54.6 Å². The van der Waals surface area contributed by atoms with Crippen molar-refractivity contribution in [2.45, 2.75) is 33.0 Å². The maximum Gasteiger partial charge on any atom is 0.244 e. The van der Waals surface area contributed by atoms with Crippen LogP contribution in [0, 0.1) is 0 Å². The number of nitrogens with zero attached hydrogens (tertiary/aromatic N) is 2. The van der Waals surface area contributed by atoms with Crippen LogP contribution < -0.4 is 14.4 Å². The Morgan fingerprint density at radius 2 is 1.63 bits per heavy atom. The van der Waals surface area contributed by atoms with E-state index in [2.05, 4.69) is 21.2 Å². The maximum atomic E-state index is 13.5. The van der Waals surface area contributed by atoms with Crippen molar-refractivity contribution in [1.29, 1.82) is 0 Å². The van der Waals surface area contributed by atoms with Crippen molar-refractivity contribution in [3.05, 3.63) is 94.5 Å². The number of likely N-dealkylation sites (N-methyl/N-ethyl adjacent to an activating group) is 1. The molecule has 10 heteroatoms. The van der Waals surface area contributed by atoms with E-state index in [-0.39, 0.29) is 12.5 Å². The van der Waals surface area contributed by atoms with Gasteiger partial charge in [-0.2, -0.15) is 0 Å². The van der Waals surface area contributed by atoms with E-state index in [1.165, 1.54) is 4.90 Å². The van der Waals surface area contributed by atoms with Gasteiger partial charge in [0.25, 0.3) is 0 Å². The number of carbonyl (C=O) groups excluding carboxylic acids is 2. The fraction of sp³-hybridized carbons (Fsp3) is 0.286. The summed E-state index contributed by atoms with van der Waals surface area (Å²) >= 11 is 3.43. The lowest BCUT2D eigenvalue weighted by Gasteiger charge is -2.31. The minimum atomic E-state index is -3.81. The van der Waals surface area contributed by atoms with Crippen molar-refractivity contribution in [2.24, 2.45) is 0 Å². The van der Waals surface area contributed by atoms with E-state index < -0.39 is 28.5 Å². The second-order valence-corrected chi connectivity index (χ2v) is 11.6. The Balaban J connectivity index is 1.81. The molecule has 3 rings (SSSR count). The van der Waals surface area contributed by atoms with Crippen LogP contribution in [-0.4, -0.2) is 50.5 Å². The Bertz CT molecular complexity index is 1330. The van der Waals surface area contributed by atoms with Crippen molar-refractivity contribution in [1.82, 2.24) is 10.2 Å². The molecule has 0 spiro atoms. The summed E-state index contributed by atoms with van der Waals surface area (Å²) in [7, 11) is -3.81. The number of hydrogen-bond acceptors (Lipinski definition) is 5. The quantitative estimate of drug-likeness (QED) is 0.333. The number of sulfonamides is 1. The smallest absolute Gasteiger partial charge is 0.244 e. The highest BCUT2D eigenvalue weighted by atomic mass is 79.9. The molecule has 0 fully saturated rings. The van der Waals surface area contributed by atoms with Crippen LogP contribution >= 0.6 is 15.9 Å². The Morgan fingerprint density at radius 3 is 2.24 bits per heavy atom. The lowest BCUT2D eigenvalue weighted by atomic mass is 10.1. The molecular formula is C28H32BrN3O5S. The van der Waals surface area contributed by atoms with Crippen LogP contribution in [0.15, 0.2) is 83.3 Å². The standard InChI is InChI=1S/C28H32BrN3O5S/c1-4-30-28(34)21(2)31(18-23-11-8-12-24(29)17-23)27(33)19-32(38(3,35)36)25-13-15-26(16-14-25)37-20-22-9-6-5-7-10-22/h5-17,21H,4,18-20H2,1-3H3,(H,30,34)/t21-/m0/s1. The van der Waals surface area contributed by atoms with Gasteiger partial charge in [-0.25, -0.2) is 8.42 Å². The van der Waals surface area contributed by atoms with E-state index >= 15 is 0 Å². The average Bonchev–Trinajstić information content (AvgIpc) is 2.89. The largest absolute Gasteiger partial charge is 0.489 e. The highest BCUT2D eigenvalue weighted by Gasteiger charge is 2.30. The van der Waals surface area contributed by atoms with Gasteiger partial charge in [-0.3, -0.25) is 13.9 Å². The lowest BCUT2D eigenvalue weighted by molar-refractivity contribution is -0.139. The Morgan fingerprint density at radius 1 is 0.974 bits per heavy atom. The van der Waals surface area contributed by atoms with Crippen molar-refractivity contribution in [2.75, 3.05) is 23.7 Å². The second kappa shape index (κ2) is 13.4. The first-order valence-corrected chi connectivity index (χ1v) is 14.8. The van der Waals surface area contributed by atoms with Gasteiger partial charge < -0.3 is 15.0 Å². The molecule has 2 amide bonds. The van der Waals surface area contributed by atoms with Gasteiger partial charge in [0.15, 0.2) is 0 Å². The first-order valence-electron chi connectivity index (χ1n) is 12.1. The molecule has 1 N–H and O–H groups in total. The molecule has 3 aromatic rings. The van der Waals surface area contributed by atoms with Crippen molar-refractivity contribution in [3.8, 4) is 5.75 Å². The summed E-state index contributed by atoms with van der Waals surface area (Å²) in [6.45, 7) is 3.89. The number of amides is 2. The first kappa shape index (κ1) is 29.2. The number of anilines is 1. The predicted molar refractivity (Wildman–Crippen MR) is 152 cm³/mol. The Labute approximate surface area is 232 Å². The molecule has 0 unspecified atom stereocenters. The fourth-order valence-corrected chi connectivity index (χ4v) is 5.10. The zero-order valence-electron chi connectivity index (χ0n) is 21.6. The van der Waals surface area contributed by atoms with Crippen LogP contribution in [0.3, 0.4) is 0 Å². The molecular weight excluding hydrogens is 570 g/mol. The van der Waals surface area contributed by atoms with E-state index in [1.54, 1.807) is 38.1 Å². The number of nitrogens with one attached hydrogen (secondary N) is 1. The highest BCUT2D eigenvalue weighted by molar-refractivity contribution is 9.10. The van der Waals surface area contributed by atoms with Gasteiger partial charge in [0, 0.05) is 17.6 Å². The molecule has 0 saturated heterocycles. The Hall–Kier alpha value is -3.37. The number of hydrogen-bond donors (Lipinski definition) is 1. The van der Waals surface area contributed by atoms with Crippen molar-refractivity contribution in [3.63, 3.8) is 0 Å². The molecule has 3 aromatic carbocycles. The van der Waals surface area contributed by atoms with Gasteiger partial charge in [0.1, 0.15) is 24.9 Å². The van der Waals surface area contributed by atoms with Crippen molar-refractivity contribution >= 4 is 43.5 Å². The third-order valence-corrected chi connectivity index (χ3v) is 7.45. The molecule has 202 valence electrons. The van der Waals surface area contributed by atoms with Crippen LogP contribution in [0.1, 0.15) is 25.0 Å². The third-order valence-electron chi connectivity index (χ3n) is 5.81. The van der Waals surface area contributed by atoms with E-state index in [4.69, 9.17) is 4.74 Å². The maximum absolute atomic E-state index is 13.5. The molecule has 0 aliphatic heterocycles. The number of benzene rings is 3. The fourth-order valence-electron chi connectivity index (χ4n) is 3.80. The second-order valence-electron chi connectivity index (χ2n) is 8.76. The van der Waals surface area contributed by atoms with E-state index in [0.29, 0.717) is 24.6 Å². The molecule has 0 aliphatic carbocycles. The average molecular weight is 603 g/mol. The summed E-state index contributed by atoms with van der Waals surface area (Å²) in [5.41, 5.74) is 2.13. The predicted octanol–water partition coefficient (Wildman–Crippen LogP) is 4.35. The van der Waals surface area contributed by atoms with E-state index in [0.717, 1.165) is 26.2 Å². The number of carbonyl (C=O) groups is 2. The molecule has 1 atom stereocenters. The minimum Gasteiger partial charge on any atom is -0.489 e. The van der Waals surface area contributed by atoms with Gasteiger partial charge in [-0.15, -0.1) is 0 Å². The Kier molecular flexibility index (Phi) is 10.3. The van der Waals surface area contributed by atoms with Gasteiger partial charge in [-0.05, 0) is 61.4 Å². The van der Waals surface area contributed by atoms with Gasteiger partial charge in [0.05, 0.1) is 11.9 Å². The van der Waals surface area contributed by atoms with Crippen LogP contribution in [0.4, 0.5) is 5.69 Å². The third kappa shape index (κ3) is 8.32. The summed E-state index contributed by atoms with van der Waals surface area (Å²) < 4.78 is 33.1. The summed E-state index contributed by atoms with van der Waals surface area (Å²) in [5.74, 6) is -0.251. The zero-order valence-corrected chi connectivity index (χ0v) is 24.0. The summed E-state index contributed by atoms with van der Waals surface area (Å²) in [4.78, 5) is 27.6. The summed E-state index contributed by atoms with van der Waals surface area (Å²) in [6.07, 6.45) is 1.05. The lowest BCUT2D eigenvalue weighted by Crippen LogP contribution is -2.51. The van der Waals surface area contributed by atoms with Gasteiger partial charge >= 0.3 is 0 Å². The molecule has 0 bridgehead atoms. The molecule has 0 radical (unpaired) electrons. The number of ether oxygens (including phenoxy) is 1. The van der Waals surface area contributed by atoms with Gasteiger partial charge in [-0.1, -0.05) is 58.4 Å². The molecule has 38 heavy (non-hydrogen) atoms. The molecule has 0 aromatic heterocycles.